The van der Waals surface area contributed by atoms with Crippen molar-refractivity contribution in [2.24, 2.45) is 0 Å². The number of hydrogen-bond acceptors (Lipinski definition) is 7. The van der Waals surface area contributed by atoms with Crippen molar-refractivity contribution < 1.29 is 22.6 Å². The van der Waals surface area contributed by atoms with Crippen LogP contribution in [-0.2, 0) is 16.0 Å². The van der Waals surface area contributed by atoms with Crippen LogP contribution in [-0.4, -0.2) is 67.1 Å². The smallest absolute Gasteiger partial charge is 0.379 e. The molecule has 0 spiro atoms. The normalized spacial score (nSPS) is 16.0. The largest absolute Gasteiger partial charge is 0.411 e. The van der Waals surface area contributed by atoms with Gasteiger partial charge in [0.25, 0.3) is 0 Å². The molecule has 1 fully saturated rings. The molecule has 2 aromatic heterocycles. The lowest BCUT2D eigenvalue weighted by Crippen LogP contribution is -2.36. The van der Waals surface area contributed by atoms with Gasteiger partial charge in [-0.2, -0.15) is 13.2 Å². The Balaban J connectivity index is 1.66. The molecule has 2 aromatic rings. The second-order valence-corrected chi connectivity index (χ2v) is 7.99. The van der Waals surface area contributed by atoms with Gasteiger partial charge in [0, 0.05) is 31.1 Å². The number of aromatic nitrogens is 2. The van der Waals surface area contributed by atoms with E-state index < -0.39 is 12.8 Å². The third-order valence-electron chi connectivity index (χ3n) is 4.57. The standard InChI is InChI=1S/C18H25F3N4O2S/c1-12-13(2)28-17-15(12)16(22-4-3-7-27-11-18(19,20)21)23-14(24-17)10-25-5-8-26-9-6-25/h3-11H2,1-2H3,(H,22,23,24). The zero-order valence-electron chi connectivity index (χ0n) is 16.1. The molecule has 3 rings (SSSR count). The molecular weight excluding hydrogens is 393 g/mol. The first-order valence-electron chi connectivity index (χ1n) is 9.28. The number of anilines is 1. The maximum Gasteiger partial charge on any atom is 0.411 e. The monoisotopic (exact) mass is 418 g/mol. The summed E-state index contributed by atoms with van der Waals surface area (Å²) in [5, 5.41) is 4.26. The molecule has 0 bridgehead atoms. The molecule has 0 unspecified atom stereocenters. The van der Waals surface area contributed by atoms with Gasteiger partial charge in [0.05, 0.1) is 25.1 Å². The van der Waals surface area contributed by atoms with E-state index in [4.69, 9.17) is 14.7 Å². The molecule has 1 saturated heterocycles. The lowest BCUT2D eigenvalue weighted by molar-refractivity contribution is -0.173. The highest BCUT2D eigenvalue weighted by Gasteiger charge is 2.27. The molecule has 1 aliphatic rings. The van der Waals surface area contributed by atoms with E-state index in [1.807, 2.05) is 6.92 Å². The first-order valence-corrected chi connectivity index (χ1v) is 10.1. The van der Waals surface area contributed by atoms with Gasteiger partial charge in [-0.25, -0.2) is 9.97 Å². The molecule has 28 heavy (non-hydrogen) atoms. The Morgan fingerprint density at radius 2 is 1.96 bits per heavy atom. The highest BCUT2D eigenvalue weighted by Crippen LogP contribution is 2.33. The molecule has 3 heterocycles. The van der Waals surface area contributed by atoms with Crippen molar-refractivity contribution in [2.75, 3.05) is 51.4 Å². The maximum absolute atomic E-state index is 12.1. The number of aryl methyl sites for hydroxylation is 2. The van der Waals surface area contributed by atoms with Crippen molar-refractivity contribution in [3.63, 3.8) is 0 Å². The first-order chi connectivity index (χ1) is 13.3. The number of halogens is 3. The molecule has 6 nitrogen and oxygen atoms in total. The van der Waals surface area contributed by atoms with E-state index in [2.05, 4.69) is 21.9 Å². The van der Waals surface area contributed by atoms with Gasteiger partial charge in [-0.15, -0.1) is 11.3 Å². The van der Waals surface area contributed by atoms with Gasteiger partial charge in [0.2, 0.25) is 0 Å². The number of nitrogens with zero attached hydrogens (tertiary/aromatic N) is 3. The van der Waals surface area contributed by atoms with Crippen molar-refractivity contribution in [3.05, 3.63) is 16.3 Å². The number of ether oxygens (including phenoxy) is 2. The van der Waals surface area contributed by atoms with Crippen LogP contribution in [0.3, 0.4) is 0 Å². The fourth-order valence-corrected chi connectivity index (χ4v) is 4.07. The van der Waals surface area contributed by atoms with Crippen molar-refractivity contribution in [1.82, 2.24) is 14.9 Å². The minimum absolute atomic E-state index is 0.0447. The lowest BCUT2D eigenvalue weighted by atomic mass is 10.2. The van der Waals surface area contributed by atoms with Gasteiger partial charge in [-0.1, -0.05) is 0 Å². The van der Waals surface area contributed by atoms with Gasteiger partial charge in [0.15, 0.2) is 0 Å². The Morgan fingerprint density at radius 3 is 2.68 bits per heavy atom. The number of rotatable bonds is 8. The van der Waals surface area contributed by atoms with Gasteiger partial charge in [0.1, 0.15) is 23.1 Å². The van der Waals surface area contributed by atoms with Gasteiger partial charge in [-0.05, 0) is 25.8 Å². The average molecular weight is 418 g/mol. The van der Waals surface area contributed by atoms with Crippen LogP contribution in [0.25, 0.3) is 10.2 Å². The predicted molar refractivity (Wildman–Crippen MR) is 103 cm³/mol. The number of nitrogens with one attached hydrogen (secondary N) is 1. The fourth-order valence-electron chi connectivity index (χ4n) is 3.02. The molecule has 0 atom stereocenters. The quantitative estimate of drug-likeness (QED) is 0.662. The Bertz CT molecular complexity index is 791. The summed E-state index contributed by atoms with van der Waals surface area (Å²) in [5.41, 5.74) is 1.13. The summed E-state index contributed by atoms with van der Waals surface area (Å²) >= 11 is 1.64. The van der Waals surface area contributed by atoms with E-state index in [1.165, 1.54) is 4.88 Å². The third-order valence-corrected chi connectivity index (χ3v) is 5.67. The van der Waals surface area contributed by atoms with Crippen LogP contribution in [0.4, 0.5) is 19.0 Å². The minimum atomic E-state index is -4.29. The SMILES string of the molecule is Cc1sc2nc(CN3CCOCC3)nc(NCCCOCC(F)(F)F)c2c1C. The summed E-state index contributed by atoms with van der Waals surface area (Å²) in [6.07, 6.45) is -3.82. The number of hydrogen-bond donors (Lipinski definition) is 1. The van der Waals surface area contributed by atoms with Crippen LogP contribution >= 0.6 is 11.3 Å². The summed E-state index contributed by atoms with van der Waals surface area (Å²) in [6, 6.07) is 0. The molecule has 156 valence electrons. The van der Waals surface area contributed by atoms with Gasteiger partial charge >= 0.3 is 6.18 Å². The number of thiophene rings is 1. The zero-order valence-corrected chi connectivity index (χ0v) is 16.9. The highest BCUT2D eigenvalue weighted by molar-refractivity contribution is 7.18. The predicted octanol–water partition coefficient (Wildman–Crippen LogP) is 3.52. The van der Waals surface area contributed by atoms with Crippen LogP contribution in [0.1, 0.15) is 22.7 Å². The van der Waals surface area contributed by atoms with E-state index >= 15 is 0 Å². The molecule has 1 N–H and O–H groups in total. The zero-order chi connectivity index (χ0) is 20.1. The number of alkyl halides is 3. The molecule has 0 radical (unpaired) electrons. The van der Waals surface area contributed by atoms with Crippen molar-refractivity contribution in [1.29, 1.82) is 0 Å². The molecule has 0 aromatic carbocycles. The van der Waals surface area contributed by atoms with E-state index in [0.29, 0.717) is 32.7 Å². The van der Waals surface area contributed by atoms with Crippen molar-refractivity contribution in [2.45, 2.75) is 33.0 Å². The number of morpholine rings is 1. The van der Waals surface area contributed by atoms with Crippen LogP contribution in [0.5, 0.6) is 0 Å². The Morgan fingerprint density at radius 1 is 1.21 bits per heavy atom. The van der Waals surface area contributed by atoms with Crippen LogP contribution < -0.4 is 5.32 Å². The van der Waals surface area contributed by atoms with Crippen LogP contribution in [0, 0.1) is 13.8 Å². The van der Waals surface area contributed by atoms with Gasteiger partial charge in [-0.3, -0.25) is 4.90 Å². The van der Waals surface area contributed by atoms with E-state index in [9.17, 15) is 13.2 Å². The van der Waals surface area contributed by atoms with Crippen LogP contribution in [0.15, 0.2) is 0 Å². The molecule has 0 aliphatic carbocycles. The van der Waals surface area contributed by atoms with Crippen LogP contribution in [0.2, 0.25) is 0 Å². The summed E-state index contributed by atoms with van der Waals surface area (Å²) in [6.45, 7) is 7.18. The van der Waals surface area contributed by atoms with E-state index in [1.54, 1.807) is 11.3 Å². The highest BCUT2D eigenvalue weighted by atomic mass is 32.1. The summed E-state index contributed by atoms with van der Waals surface area (Å²) in [7, 11) is 0. The first kappa shape index (κ1) is 21.2. The van der Waals surface area contributed by atoms with E-state index in [-0.39, 0.29) is 6.61 Å². The van der Waals surface area contributed by atoms with Crippen molar-refractivity contribution >= 4 is 27.4 Å². The second kappa shape index (κ2) is 9.34. The average Bonchev–Trinajstić information content (AvgIpc) is 2.92. The lowest BCUT2D eigenvalue weighted by Gasteiger charge is -2.25. The summed E-state index contributed by atoms with van der Waals surface area (Å²) in [5.74, 6) is 1.48. The number of fused-ring (bicyclic) bond motifs is 1. The molecule has 1 aliphatic heterocycles. The topological polar surface area (TPSA) is 59.5 Å². The second-order valence-electron chi connectivity index (χ2n) is 6.79. The molecule has 10 heteroatoms. The Kier molecular flexibility index (Phi) is 7.08. The molecular formula is C18H25F3N4O2S. The summed E-state index contributed by atoms with van der Waals surface area (Å²) < 4.78 is 46.4. The van der Waals surface area contributed by atoms with E-state index in [0.717, 1.165) is 40.5 Å². The Hall–Kier alpha value is -1.49. The molecule has 0 amide bonds. The fraction of sp³-hybridized carbons (Fsp3) is 0.667. The molecule has 0 saturated carbocycles. The minimum Gasteiger partial charge on any atom is -0.379 e. The Labute approximate surface area is 166 Å². The third kappa shape index (κ3) is 5.76. The van der Waals surface area contributed by atoms with Crippen molar-refractivity contribution in [3.8, 4) is 0 Å². The maximum atomic E-state index is 12.1. The van der Waals surface area contributed by atoms with Gasteiger partial charge < -0.3 is 14.8 Å². The summed E-state index contributed by atoms with van der Waals surface area (Å²) in [4.78, 5) is 13.8.